The van der Waals surface area contributed by atoms with Gasteiger partial charge < -0.3 is 30.9 Å². The van der Waals surface area contributed by atoms with Crippen molar-refractivity contribution in [2.45, 2.75) is 31.5 Å². The molecule has 2 aliphatic heterocycles. The molecule has 3 atom stereocenters. The summed E-state index contributed by atoms with van der Waals surface area (Å²) in [4.78, 5) is 44.0. The highest BCUT2D eigenvalue weighted by atomic mass is 35.5. The molecule has 1 fully saturated rings. The number of pyridine rings is 1. The molecule has 2 amide bonds. The normalized spacial score (nSPS) is 21.3. The van der Waals surface area contributed by atoms with Gasteiger partial charge in [0.25, 0.3) is 11.5 Å². The second kappa shape index (κ2) is 9.77. The summed E-state index contributed by atoms with van der Waals surface area (Å²) < 4.78 is 14.8. The third-order valence-electron chi connectivity index (χ3n) is 7.18. The Bertz CT molecular complexity index is 1450. The van der Waals surface area contributed by atoms with Crippen molar-refractivity contribution in [2.75, 3.05) is 31.5 Å². The van der Waals surface area contributed by atoms with E-state index in [9.17, 15) is 23.9 Å². The number of halogens is 2. The van der Waals surface area contributed by atoms with E-state index in [2.05, 4.69) is 10.3 Å². The number of benzene rings is 2. The van der Waals surface area contributed by atoms with Gasteiger partial charge in [-0.1, -0.05) is 17.7 Å². The smallest absolute Gasteiger partial charge is 0.270 e. The number of nitrogens with one attached hydrogen (secondary N) is 2. The molecule has 37 heavy (non-hydrogen) atoms. The van der Waals surface area contributed by atoms with Crippen LogP contribution >= 0.6 is 11.6 Å². The molecule has 1 saturated heterocycles. The molecule has 2 aliphatic rings. The third kappa shape index (κ3) is 4.79. The SMILES string of the molecule is C[C@H]1c2ccc(Cl)cc2CCN1C(=O)CNc1cc2cc(C(=O)N3C[C@@H](N)[C@H](O)C3)[nH]c(=O)c2cc1F. The lowest BCUT2D eigenvalue weighted by Gasteiger charge is -2.35. The monoisotopic (exact) mass is 527 g/mol. The predicted molar refractivity (Wildman–Crippen MR) is 138 cm³/mol. The highest BCUT2D eigenvalue weighted by Gasteiger charge is 2.32. The number of likely N-dealkylation sites (tertiary alicyclic amines) is 1. The first-order valence-electron chi connectivity index (χ1n) is 12.0. The Hall–Kier alpha value is -3.47. The molecule has 3 aromatic rings. The molecule has 0 saturated carbocycles. The largest absolute Gasteiger partial charge is 0.390 e. The number of aliphatic hydroxyl groups is 1. The minimum atomic E-state index is -0.840. The quantitative estimate of drug-likeness (QED) is 0.410. The zero-order valence-electron chi connectivity index (χ0n) is 20.1. The molecule has 0 aliphatic carbocycles. The molecular weight excluding hydrogens is 501 g/mol. The molecular formula is C26H27ClFN5O4. The summed E-state index contributed by atoms with van der Waals surface area (Å²) in [5.74, 6) is -1.37. The van der Waals surface area contributed by atoms with Gasteiger partial charge in [0.2, 0.25) is 5.91 Å². The van der Waals surface area contributed by atoms with Crippen LogP contribution in [0, 0.1) is 5.82 Å². The molecule has 11 heteroatoms. The molecule has 3 heterocycles. The fraction of sp³-hybridized carbons (Fsp3) is 0.346. The summed E-state index contributed by atoms with van der Waals surface area (Å²) in [5, 5.41) is 13.8. The summed E-state index contributed by atoms with van der Waals surface area (Å²) in [6.45, 7) is 2.53. The highest BCUT2D eigenvalue weighted by molar-refractivity contribution is 6.30. The molecule has 1 aromatic heterocycles. The summed E-state index contributed by atoms with van der Waals surface area (Å²) in [7, 11) is 0. The Kier molecular flexibility index (Phi) is 6.65. The van der Waals surface area contributed by atoms with Crippen LogP contribution in [-0.2, 0) is 11.2 Å². The molecule has 9 nitrogen and oxygen atoms in total. The van der Waals surface area contributed by atoms with Gasteiger partial charge >= 0.3 is 0 Å². The fourth-order valence-corrected chi connectivity index (χ4v) is 5.29. The third-order valence-corrected chi connectivity index (χ3v) is 7.41. The molecule has 0 radical (unpaired) electrons. The van der Waals surface area contributed by atoms with Crippen LogP contribution in [0.5, 0.6) is 0 Å². The first kappa shape index (κ1) is 25.2. The van der Waals surface area contributed by atoms with E-state index in [1.54, 1.807) is 11.0 Å². The lowest BCUT2D eigenvalue weighted by atomic mass is 9.93. The number of H-pyrrole nitrogens is 1. The number of β-amino-alcohol motifs (C(OH)–C–C–N with tert-alkyl or cyclic N) is 1. The number of nitrogens with two attached hydrogens (primary N) is 1. The van der Waals surface area contributed by atoms with Crippen molar-refractivity contribution in [1.82, 2.24) is 14.8 Å². The van der Waals surface area contributed by atoms with Gasteiger partial charge in [-0.05, 0) is 60.2 Å². The minimum absolute atomic E-state index is 0.00773. The number of carbonyl (C=O) groups is 2. The number of rotatable bonds is 4. The second-order valence-electron chi connectivity index (χ2n) is 9.58. The van der Waals surface area contributed by atoms with Gasteiger partial charge in [-0.15, -0.1) is 0 Å². The lowest BCUT2D eigenvalue weighted by Crippen LogP contribution is -2.41. The predicted octanol–water partition coefficient (Wildman–Crippen LogP) is 2.02. The Morgan fingerprint density at radius 2 is 2.03 bits per heavy atom. The summed E-state index contributed by atoms with van der Waals surface area (Å²) >= 11 is 6.09. The van der Waals surface area contributed by atoms with Crippen molar-refractivity contribution in [3.8, 4) is 0 Å². The highest BCUT2D eigenvalue weighted by Crippen LogP contribution is 2.31. The number of hydrogen-bond donors (Lipinski definition) is 4. The van der Waals surface area contributed by atoms with Crippen molar-refractivity contribution in [3.05, 3.63) is 74.4 Å². The zero-order valence-corrected chi connectivity index (χ0v) is 20.9. The van der Waals surface area contributed by atoms with E-state index < -0.39 is 29.4 Å². The molecule has 0 bridgehead atoms. The van der Waals surface area contributed by atoms with Crippen molar-refractivity contribution < 1.29 is 19.1 Å². The van der Waals surface area contributed by atoms with Gasteiger partial charge in [-0.25, -0.2) is 4.39 Å². The average molecular weight is 528 g/mol. The number of aliphatic hydroxyl groups excluding tert-OH is 1. The molecule has 0 unspecified atom stereocenters. The summed E-state index contributed by atoms with van der Waals surface area (Å²) in [6.07, 6.45) is -0.165. The van der Waals surface area contributed by atoms with Crippen LogP contribution in [0.25, 0.3) is 10.8 Å². The minimum Gasteiger partial charge on any atom is -0.390 e. The average Bonchev–Trinajstić information content (AvgIpc) is 3.20. The number of amides is 2. The van der Waals surface area contributed by atoms with Gasteiger partial charge in [-0.2, -0.15) is 0 Å². The maximum absolute atomic E-state index is 14.8. The van der Waals surface area contributed by atoms with E-state index in [-0.39, 0.29) is 48.4 Å². The second-order valence-corrected chi connectivity index (χ2v) is 10.0. The number of nitrogens with zero attached hydrogens (tertiary/aromatic N) is 2. The van der Waals surface area contributed by atoms with E-state index >= 15 is 0 Å². The Balaban J connectivity index is 1.34. The maximum Gasteiger partial charge on any atom is 0.270 e. The zero-order chi connectivity index (χ0) is 26.4. The van der Waals surface area contributed by atoms with Crippen molar-refractivity contribution >= 4 is 39.9 Å². The number of hydrogen-bond acceptors (Lipinski definition) is 6. The summed E-state index contributed by atoms with van der Waals surface area (Å²) in [6, 6.07) is 8.86. The number of aromatic nitrogens is 1. The molecule has 5 N–H and O–H groups in total. The van der Waals surface area contributed by atoms with Crippen LogP contribution in [0.4, 0.5) is 10.1 Å². The van der Waals surface area contributed by atoms with Gasteiger partial charge in [0.05, 0.1) is 29.8 Å². The first-order valence-corrected chi connectivity index (χ1v) is 12.4. The fourth-order valence-electron chi connectivity index (χ4n) is 5.10. The van der Waals surface area contributed by atoms with Crippen molar-refractivity contribution in [1.29, 1.82) is 0 Å². The van der Waals surface area contributed by atoms with Crippen LogP contribution in [-0.4, -0.2) is 70.0 Å². The molecule has 2 aromatic carbocycles. The molecule has 0 spiro atoms. The van der Waals surface area contributed by atoms with Crippen LogP contribution in [0.2, 0.25) is 5.02 Å². The van der Waals surface area contributed by atoms with Crippen LogP contribution in [0.1, 0.15) is 34.6 Å². The van der Waals surface area contributed by atoms with E-state index in [1.807, 2.05) is 19.1 Å². The Morgan fingerprint density at radius 1 is 1.24 bits per heavy atom. The van der Waals surface area contributed by atoms with Gasteiger partial charge in [0, 0.05) is 30.7 Å². The van der Waals surface area contributed by atoms with Crippen molar-refractivity contribution in [3.63, 3.8) is 0 Å². The first-order chi connectivity index (χ1) is 17.6. The summed E-state index contributed by atoms with van der Waals surface area (Å²) in [5.41, 5.74) is 7.36. The number of fused-ring (bicyclic) bond motifs is 2. The van der Waals surface area contributed by atoms with Crippen molar-refractivity contribution in [2.24, 2.45) is 5.73 Å². The van der Waals surface area contributed by atoms with E-state index in [1.165, 1.54) is 17.0 Å². The van der Waals surface area contributed by atoms with Crippen LogP contribution in [0.3, 0.4) is 0 Å². The maximum atomic E-state index is 14.8. The van der Waals surface area contributed by atoms with Gasteiger partial charge in [-0.3, -0.25) is 14.4 Å². The lowest BCUT2D eigenvalue weighted by molar-refractivity contribution is -0.131. The number of carbonyl (C=O) groups excluding carboxylic acids is 2. The van der Waals surface area contributed by atoms with Crippen LogP contribution in [0.15, 0.2) is 41.2 Å². The van der Waals surface area contributed by atoms with Gasteiger partial charge in [0.1, 0.15) is 11.5 Å². The van der Waals surface area contributed by atoms with Gasteiger partial charge in [0.15, 0.2) is 0 Å². The van der Waals surface area contributed by atoms with E-state index in [0.29, 0.717) is 23.4 Å². The molecule has 5 rings (SSSR count). The Labute approximate surface area is 217 Å². The Morgan fingerprint density at radius 3 is 2.76 bits per heavy atom. The standard InChI is InChI=1S/C26H27ClFN5O4/c1-13-17-3-2-16(27)6-14(17)4-5-33(13)24(35)10-30-21-7-15-8-22(31-25(36)18(15)9-19(21)28)26(37)32-11-20(29)23(34)12-32/h2-3,6-9,13,20,23,30,34H,4-5,10-12,29H2,1H3,(H,31,36)/t13-,20+,23+/m0/s1. The molecule has 194 valence electrons. The topological polar surface area (TPSA) is 132 Å². The number of anilines is 1. The van der Waals surface area contributed by atoms with E-state index in [0.717, 1.165) is 17.2 Å². The van der Waals surface area contributed by atoms with Crippen LogP contribution < -0.4 is 16.6 Å². The number of aromatic amines is 1. The van der Waals surface area contributed by atoms with E-state index in [4.69, 9.17) is 17.3 Å².